The maximum Gasteiger partial charge on any atom is 0.271 e. The molecule has 1 aromatic heterocycles. The van der Waals surface area contributed by atoms with E-state index in [0.717, 1.165) is 46.6 Å². The Labute approximate surface area is 230 Å². The molecule has 196 valence electrons. The Morgan fingerprint density at radius 2 is 1.79 bits per heavy atom. The van der Waals surface area contributed by atoms with Crippen LogP contribution in [-0.2, 0) is 6.42 Å². The molecule has 39 heavy (non-hydrogen) atoms. The zero-order valence-corrected chi connectivity index (χ0v) is 22.7. The molecule has 0 saturated heterocycles. The molecule has 7 heteroatoms. The molecule has 2 heterocycles. The average Bonchev–Trinajstić information content (AvgIpc) is 3.29. The predicted molar refractivity (Wildman–Crippen MR) is 154 cm³/mol. The first kappa shape index (κ1) is 24.9. The molecule has 1 aliphatic carbocycles. The predicted octanol–water partition coefficient (Wildman–Crippen LogP) is 4.90. The van der Waals surface area contributed by atoms with E-state index in [9.17, 15) is 4.79 Å². The second-order valence-electron chi connectivity index (χ2n) is 9.37. The minimum Gasteiger partial charge on any atom is -0.496 e. The number of hydrogen-bond acceptors (Lipinski definition) is 6. The van der Waals surface area contributed by atoms with E-state index in [-0.39, 0.29) is 11.6 Å². The number of rotatable bonds is 7. The van der Waals surface area contributed by atoms with Crippen LogP contribution >= 0.6 is 11.3 Å². The van der Waals surface area contributed by atoms with E-state index in [4.69, 9.17) is 19.2 Å². The SMILES string of the molecule is C=CCOc1ccc(/C=c2/sc3n(c2=O)[C@@H](c2ccccc2OC)C2=C(N=3)c3ccccc3CC2)cc1OC. The normalized spacial score (nSPS) is 16.1. The molecule has 0 saturated carbocycles. The van der Waals surface area contributed by atoms with Crippen molar-refractivity contribution < 1.29 is 14.2 Å². The van der Waals surface area contributed by atoms with Gasteiger partial charge in [-0.3, -0.25) is 9.36 Å². The van der Waals surface area contributed by atoms with Gasteiger partial charge in [-0.2, -0.15) is 0 Å². The summed E-state index contributed by atoms with van der Waals surface area (Å²) in [5.41, 5.74) is 6.24. The maximum absolute atomic E-state index is 14.0. The number of ether oxygens (including phenoxy) is 3. The monoisotopic (exact) mass is 536 g/mol. The first-order valence-electron chi connectivity index (χ1n) is 12.8. The van der Waals surface area contributed by atoms with Crippen LogP contribution < -0.4 is 29.1 Å². The summed E-state index contributed by atoms with van der Waals surface area (Å²) in [6.07, 6.45) is 5.30. The van der Waals surface area contributed by atoms with E-state index in [1.165, 1.54) is 16.9 Å². The Bertz CT molecular complexity index is 1800. The second kappa shape index (κ2) is 10.4. The van der Waals surface area contributed by atoms with Gasteiger partial charge in [0.2, 0.25) is 0 Å². The van der Waals surface area contributed by atoms with Gasteiger partial charge in [0.05, 0.1) is 30.5 Å². The lowest BCUT2D eigenvalue weighted by Gasteiger charge is -2.31. The van der Waals surface area contributed by atoms with E-state index >= 15 is 0 Å². The van der Waals surface area contributed by atoms with Crippen LogP contribution in [0.15, 0.2) is 94.7 Å². The number of nitrogens with zero attached hydrogens (tertiary/aromatic N) is 2. The number of methoxy groups -OCH3 is 2. The van der Waals surface area contributed by atoms with Crippen LogP contribution in [-0.4, -0.2) is 25.4 Å². The van der Waals surface area contributed by atoms with Gasteiger partial charge >= 0.3 is 0 Å². The van der Waals surface area contributed by atoms with Gasteiger partial charge in [-0.25, -0.2) is 4.99 Å². The highest BCUT2D eigenvalue weighted by molar-refractivity contribution is 7.07. The van der Waals surface area contributed by atoms with Gasteiger partial charge in [0, 0.05) is 11.1 Å². The Morgan fingerprint density at radius 3 is 2.62 bits per heavy atom. The standard InChI is InChI=1S/C32H28N2O4S/c1-4-17-38-26-16-13-20(18-27(26)37-3)19-28-31(35)34-30(23-11-7-8-12-25(23)36-2)24-15-14-21-9-5-6-10-22(21)29(24)33-32(34)39-28/h4-13,16,18-19,30H,1,14-15,17H2,2-3H3/b28-19+/t30-/m0/s1. The van der Waals surface area contributed by atoms with Crippen molar-refractivity contribution in [1.29, 1.82) is 0 Å². The van der Waals surface area contributed by atoms with Crippen LogP contribution in [0.4, 0.5) is 0 Å². The molecule has 0 unspecified atom stereocenters. The minimum absolute atomic E-state index is 0.0778. The Morgan fingerprint density at radius 1 is 1.00 bits per heavy atom. The Hall–Kier alpha value is -4.36. The van der Waals surface area contributed by atoms with E-state index in [2.05, 4.69) is 24.8 Å². The zero-order chi connectivity index (χ0) is 26.9. The molecule has 0 amide bonds. The molecule has 1 aliphatic heterocycles. The average molecular weight is 537 g/mol. The smallest absolute Gasteiger partial charge is 0.271 e. The fraction of sp³-hybridized carbons (Fsp3) is 0.188. The molecule has 1 atom stereocenters. The van der Waals surface area contributed by atoms with Crippen LogP contribution in [0.25, 0.3) is 11.8 Å². The first-order valence-corrected chi connectivity index (χ1v) is 13.6. The van der Waals surface area contributed by atoms with Crippen molar-refractivity contribution in [1.82, 2.24) is 4.57 Å². The van der Waals surface area contributed by atoms with Crippen LogP contribution in [0.5, 0.6) is 17.2 Å². The second-order valence-corrected chi connectivity index (χ2v) is 10.4. The van der Waals surface area contributed by atoms with E-state index in [1.807, 2.05) is 59.2 Å². The molecule has 0 N–H and O–H groups in total. The van der Waals surface area contributed by atoms with Crippen LogP contribution in [0, 0.1) is 0 Å². The summed E-state index contributed by atoms with van der Waals surface area (Å²) in [5.74, 6) is 1.97. The van der Waals surface area contributed by atoms with Crippen LogP contribution in [0.2, 0.25) is 0 Å². The summed E-state index contributed by atoms with van der Waals surface area (Å²) in [6, 6.07) is 21.7. The van der Waals surface area contributed by atoms with Crippen molar-refractivity contribution in [3.8, 4) is 17.2 Å². The molecular weight excluding hydrogens is 508 g/mol. The quantitative estimate of drug-likeness (QED) is 0.315. The zero-order valence-electron chi connectivity index (χ0n) is 21.8. The van der Waals surface area contributed by atoms with Crippen molar-refractivity contribution in [2.75, 3.05) is 20.8 Å². The lowest BCUT2D eigenvalue weighted by Crippen LogP contribution is -2.39. The topological polar surface area (TPSA) is 62.0 Å². The molecule has 0 bridgehead atoms. The van der Waals surface area contributed by atoms with Crippen molar-refractivity contribution >= 4 is 23.1 Å². The number of aryl methyl sites for hydroxylation is 1. The maximum atomic E-state index is 14.0. The molecule has 0 spiro atoms. The summed E-state index contributed by atoms with van der Waals surface area (Å²) < 4.78 is 19.4. The third-order valence-electron chi connectivity index (χ3n) is 7.15. The summed E-state index contributed by atoms with van der Waals surface area (Å²) in [7, 11) is 3.27. The number of allylic oxidation sites excluding steroid dienone is 1. The van der Waals surface area contributed by atoms with Crippen molar-refractivity contribution in [2.24, 2.45) is 4.99 Å². The number of thiazole rings is 1. The molecular formula is C32H28N2O4S. The molecule has 6 nitrogen and oxygen atoms in total. The lowest BCUT2D eigenvalue weighted by molar-refractivity contribution is 0.326. The molecule has 4 aromatic rings. The van der Waals surface area contributed by atoms with Gasteiger partial charge in [-0.15, -0.1) is 0 Å². The van der Waals surface area contributed by atoms with Crippen molar-refractivity contribution in [2.45, 2.75) is 18.9 Å². The Balaban J connectivity index is 1.56. The minimum atomic E-state index is -0.299. The van der Waals surface area contributed by atoms with Gasteiger partial charge in [-0.05, 0) is 53.8 Å². The highest BCUT2D eigenvalue weighted by atomic mass is 32.1. The fourth-order valence-corrected chi connectivity index (χ4v) is 6.39. The van der Waals surface area contributed by atoms with Gasteiger partial charge in [0.25, 0.3) is 5.56 Å². The highest BCUT2D eigenvalue weighted by Gasteiger charge is 2.33. The van der Waals surface area contributed by atoms with Crippen molar-refractivity contribution in [3.05, 3.63) is 127 Å². The third-order valence-corrected chi connectivity index (χ3v) is 8.13. The highest BCUT2D eigenvalue weighted by Crippen LogP contribution is 2.43. The summed E-state index contributed by atoms with van der Waals surface area (Å²) >= 11 is 1.40. The number of benzene rings is 3. The molecule has 0 radical (unpaired) electrons. The third kappa shape index (κ3) is 4.38. The fourth-order valence-electron chi connectivity index (χ4n) is 5.38. The van der Waals surface area contributed by atoms with Crippen molar-refractivity contribution in [3.63, 3.8) is 0 Å². The molecule has 6 rings (SSSR count). The Kier molecular flexibility index (Phi) is 6.67. The molecule has 3 aromatic carbocycles. The number of hydrogen-bond donors (Lipinski definition) is 0. The largest absolute Gasteiger partial charge is 0.496 e. The van der Waals surface area contributed by atoms with Crippen LogP contribution in [0.3, 0.4) is 0 Å². The van der Waals surface area contributed by atoms with E-state index in [1.54, 1.807) is 20.3 Å². The van der Waals surface area contributed by atoms with Gasteiger partial charge in [-0.1, -0.05) is 72.5 Å². The van der Waals surface area contributed by atoms with E-state index < -0.39 is 0 Å². The van der Waals surface area contributed by atoms with E-state index in [0.29, 0.717) is 27.4 Å². The molecule has 2 aliphatic rings. The summed E-state index contributed by atoms with van der Waals surface area (Å²) in [6.45, 7) is 4.08. The molecule has 0 fully saturated rings. The van der Waals surface area contributed by atoms with Gasteiger partial charge in [0.15, 0.2) is 16.3 Å². The number of para-hydroxylation sites is 1. The van der Waals surface area contributed by atoms with Crippen LogP contribution in [0.1, 0.15) is 34.7 Å². The van der Waals surface area contributed by atoms with Gasteiger partial charge in [0.1, 0.15) is 12.4 Å². The number of fused-ring (bicyclic) bond motifs is 3. The van der Waals surface area contributed by atoms with Gasteiger partial charge < -0.3 is 14.2 Å². The lowest BCUT2D eigenvalue weighted by atomic mass is 9.83. The summed E-state index contributed by atoms with van der Waals surface area (Å²) in [4.78, 5) is 19.8. The number of aromatic nitrogens is 1. The first-order chi connectivity index (χ1) is 19.1. The summed E-state index contributed by atoms with van der Waals surface area (Å²) in [5, 5.41) is 0.